The number of anilines is 2. The first kappa shape index (κ1) is 13.8. The fourth-order valence-electron chi connectivity index (χ4n) is 1.96. The number of rotatable bonds is 5. The first-order valence-electron chi connectivity index (χ1n) is 6.67. The Labute approximate surface area is 113 Å². The van der Waals surface area contributed by atoms with E-state index in [0.717, 1.165) is 26.1 Å². The van der Waals surface area contributed by atoms with Crippen molar-refractivity contribution in [2.45, 2.75) is 26.4 Å². The van der Waals surface area contributed by atoms with Crippen molar-refractivity contribution >= 4 is 11.9 Å². The maximum absolute atomic E-state index is 5.65. The van der Waals surface area contributed by atoms with Crippen LogP contribution in [0.25, 0.3) is 0 Å². The number of nitrogens with one attached hydrogen (secondary N) is 1. The molecule has 0 radical (unpaired) electrons. The average Bonchev–Trinajstić information content (AvgIpc) is 2.47. The first-order chi connectivity index (χ1) is 9.26. The topological polar surface area (TPSA) is 72.4 Å². The van der Waals surface area contributed by atoms with Gasteiger partial charge in [0.2, 0.25) is 11.9 Å². The largest absolute Gasteiger partial charge is 0.467 e. The van der Waals surface area contributed by atoms with E-state index in [-0.39, 0.29) is 6.10 Å². The Morgan fingerprint density at radius 1 is 1.37 bits per heavy atom. The third kappa shape index (κ3) is 3.44. The molecule has 19 heavy (non-hydrogen) atoms. The van der Waals surface area contributed by atoms with E-state index in [1.807, 2.05) is 6.92 Å². The summed E-state index contributed by atoms with van der Waals surface area (Å²) in [5.74, 6) is 1.19. The molecule has 2 rings (SSSR count). The van der Waals surface area contributed by atoms with Crippen LogP contribution in [-0.2, 0) is 4.74 Å². The summed E-state index contributed by atoms with van der Waals surface area (Å²) in [6.07, 6.45) is 1.22. The van der Waals surface area contributed by atoms with Crippen LogP contribution >= 0.6 is 0 Å². The van der Waals surface area contributed by atoms with Gasteiger partial charge in [-0.25, -0.2) is 0 Å². The van der Waals surface area contributed by atoms with E-state index in [0.29, 0.717) is 24.5 Å². The molecule has 1 fully saturated rings. The van der Waals surface area contributed by atoms with Gasteiger partial charge in [0.15, 0.2) is 0 Å². The molecule has 1 aliphatic rings. The molecule has 7 nitrogen and oxygen atoms in total. The molecule has 1 aromatic heterocycles. The molecule has 0 aliphatic carbocycles. The molecule has 106 valence electrons. The van der Waals surface area contributed by atoms with Gasteiger partial charge in [-0.2, -0.15) is 15.0 Å². The van der Waals surface area contributed by atoms with E-state index in [1.54, 1.807) is 7.11 Å². The highest BCUT2D eigenvalue weighted by Gasteiger charge is 2.22. The van der Waals surface area contributed by atoms with Gasteiger partial charge in [-0.15, -0.1) is 0 Å². The average molecular weight is 267 g/mol. The second kappa shape index (κ2) is 6.51. The fourth-order valence-corrected chi connectivity index (χ4v) is 1.96. The molecular formula is C12H21N5O2. The lowest BCUT2D eigenvalue weighted by Crippen LogP contribution is -2.43. The van der Waals surface area contributed by atoms with Crippen molar-refractivity contribution in [2.24, 2.45) is 0 Å². The zero-order chi connectivity index (χ0) is 13.7. The zero-order valence-corrected chi connectivity index (χ0v) is 11.7. The van der Waals surface area contributed by atoms with Crippen LogP contribution in [-0.4, -0.2) is 54.4 Å². The maximum Gasteiger partial charge on any atom is 0.322 e. The summed E-state index contributed by atoms with van der Waals surface area (Å²) in [5, 5.41) is 3.09. The summed E-state index contributed by atoms with van der Waals surface area (Å²) in [5.41, 5.74) is 0. The zero-order valence-electron chi connectivity index (χ0n) is 11.7. The molecule has 1 N–H and O–H groups in total. The van der Waals surface area contributed by atoms with Gasteiger partial charge >= 0.3 is 6.01 Å². The van der Waals surface area contributed by atoms with Crippen LogP contribution in [0.15, 0.2) is 0 Å². The van der Waals surface area contributed by atoms with Crippen LogP contribution in [0.3, 0.4) is 0 Å². The minimum absolute atomic E-state index is 0.235. The minimum Gasteiger partial charge on any atom is -0.467 e. The molecule has 1 saturated heterocycles. The van der Waals surface area contributed by atoms with E-state index < -0.39 is 0 Å². The third-order valence-electron chi connectivity index (χ3n) is 3.00. The lowest BCUT2D eigenvalue weighted by molar-refractivity contribution is 0.0378. The molecule has 1 unspecified atom stereocenters. The van der Waals surface area contributed by atoms with Gasteiger partial charge in [0.25, 0.3) is 0 Å². The van der Waals surface area contributed by atoms with Crippen LogP contribution in [0.2, 0.25) is 0 Å². The van der Waals surface area contributed by atoms with Crippen molar-refractivity contribution in [2.75, 3.05) is 43.6 Å². The van der Waals surface area contributed by atoms with Crippen LogP contribution in [0.5, 0.6) is 6.01 Å². The Kier molecular flexibility index (Phi) is 4.73. The molecule has 0 saturated carbocycles. The lowest BCUT2D eigenvalue weighted by Gasteiger charge is -2.32. The molecule has 1 aromatic rings. The molecule has 0 aromatic carbocycles. The molecule has 1 aliphatic heterocycles. The Morgan fingerprint density at radius 3 is 2.89 bits per heavy atom. The van der Waals surface area contributed by atoms with E-state index in [1.165, 1.54) is 0 Å². The van der Waals surface area contributed by atoms with Gasteiger partial charge in [-0.05, 0) is 13.3 Å². The summed E-state index contributed by atoms with van der Waals surface area (Å²) >= 11 is 0. The molecule has 2 heterocycles. The summed E-state index contributed by atoms with van der Waals surface area (Å²) in [6.45, 7) is 7.16. The van der Waals surface area contributed by atoms with Gasteiger partial charge in [0.05, 0.1) is 19.8 Å². The predicted octanol–water partition coefficient (Wildman–Crippen LogP) is 0.927. The van der Waals surface area contributed by atoms with Crippen molar-refractivity contribution in [3.63, 3.8) is 0 Å². The second-order valence-corrected chi connectivity index (χ2v) is 4.32. The summed E-state index contributed by atoms with van der Waals surface area (Å²) in [4.78, 5) is 15.0. The maximum atomic E-state index is 5.65. The van der Waals surface area contributed by atoms with E-state index in [9.17, 15) is 0 Å². The van der Waals surface area contributed by atoms with Crippen molar-refractivity contribution in [3.05, 3.63) is 0 Å². The van der Waals surface area contributed by atoms with Crippen LogP contribution in [0.4, 0.5) is 11.9 Å². The van der Waals surface area contributed by atoms with Crippen LogP contribution < -0.4 is 15.0 Å². The van der Waals surface area contributed by atoms with Crippen molar-refractivity contribution in [1.82, 2.24) is 15.0 Å². The number of hydrogen-bond donors (Lipinski definition) is 1. The summed E-state index contributed by atoms with van der Waals surface area (Å²) < 4.78 is 10.8. The van der Waals surface area contributed by atoms with Crippen molar-refractivity contribution < 1.29 is 9.47 Å². The van der Waals surface area contributed by atoms with Crippen LogP contribution in [0, 0.1) is 0 Å². The van der Waals surface area contributed by atoms with Gasteiger partial charge in [0.1, 0.15) is 0 Å². The number of morpholine rings is 1. The Bertz CT molecular complexity index is 415. The molecule has 7 heteroatoms. The Balaban J connectivity index is 2.19. The molecule has 1 atom stereocenters. The number of ether oxygens (including phenoxy) is 2. The highest BCUT2D eigenvalue weighted by molar-refractivity contribution is 5.38. The quantitative estimate of drug-likeness (QED) is 0.850. The monoisotopic (exact) mass is 267 g/mol. The highest BCUT2D eigenvalue weighted by atomic mass is 16.5. The SMILES string of the molecule is CCNc1nc(OC)nc(N2CCOC(CC)C2)n1. The normalized spacial score (nSPS) is 19.3. The number of nitrogens with zero attached hydrogens (tertiary/aromatic N) is 4. The van der Waals surface area contributed by atoms with Crippen LogP contribution in [0.1, 0.15) is 20.3 Å². The van der Waals surface area contributed by atoms with Gasteiger partial charge < -0.3 is 19.7 Å². The van der Waals surface area contributed by atoms with Crippen molar-refractivity contribution in [1.29, 1.82) is 0 Å². The Morgan fingerprint density at radius 2 is 2.21 bits per heavy atom. The third-order valence-corrected chi connectivity index (χ3v) is 3.00. The molecule has 0 bridgehead atoms. The van der Waals surface area contributed by atoms with Gasteiger partial charge in [0, 0.05) is 19.6 Å². The minimum atomic E-state index is 0.235. The number of hydrogen-bond acceptors (Lipinski definition) is 7. The molecule has 0 spiro atoms. The fraction of sp³-hybridized carbons (Fsp3) is 0.750. The summed E-state index contributed by atoms with van der Waals surface area (Å²) in [7, 11) is 1.56. The van der Waals surface area contributed by atoms with E-state index in [4.69, 9.17) is 9.47 Å². The number of aromatic nitrogens is 3. The lowest BCUT2D eigenvalue weighted by atomic mass is 10.2. The molecular weight excluding hydrogens is 246 g/mol. The first-order valence-corrected chi connectivity index (χ1v) is 6.67. The number of methoxy groups -OCH3 is 1. The second-order valence-electron chi connectivity index (χ2n) is 4.32. The van der Waals surface area contributed by atoms with E-state index >= 15 is 0 Å². The smallest absolute Gasteiger partial charge is 0.322 e. The predicted molar refractivity (Wildman–Crippen MR) is 72.8 cm³/mol. The highest BCUT2D eigenvalue weighted by Crippen LogP contribution is 2.18. The standard InChI is InChI=1S/C12H21N5O2/c1-4-9-8-17(6-7-19-9)11-14-10(13-5-2)15-12(16-11)18-3/h9H,4-8H2,1-3H3,(H,13,14,15,16). The van der Waals surface area contributed by atoms with Gasteiger partial charge in [-0.3, -0.25) is 0 Å². The van der Waals surface area contributed by atoms with Crippen molar-refractivity contribution in [3.8, 4) is 6.01 Å². The van der Waals surface area contributed by atoms with E-state index in [2.05, 4.69) is 32.1 Å². The summed E-state index contributed by atoms with van der Waals surface area (Å²) in [6, 6.07) is 0.334. The molecule has 0 amide bonds. The van der Waals surface area contributed by atoms with Gasteiger partial charge in [-0.1, -0.05) is 6.92 Å². The Hall–Kier alpha value is -1.63.